The first-order valence-electron chi connectivity index (χ1n) is 2.85. The largest absolute Gasteiger partial charge is 0.278 e. The van der Waals surface area contributed by atoms with Gasteiger partial charge in [-0.1, -0.05) is 18.2 Å². The molecule has 0 aliphatic rings. The van der Waals surface area contributed by atoms with E-state index in [9.17, 15) is 0 Å². The molecule has 0 unspecified atom stereocenters. The highest BCUT2D eigenvalue weighted by Crippen LogP contribution is 2.06. The molecule has 2 rings (SSSR count). The third-order valence-corrected chi connectivity index (χ3v) is 1.35. The number of aromatic amines is 1. The standard InChI is InChI=1S/C7H6N2.2ClH/c1-2-4-7-6(3-1)5-8-9-7;;/h1-5H,(H,8,9);2*1H. The van der Waals surface area contributed by atoms with E-state index in [0.29, 0.717) is 0 Å². The van der Waals surface area contributed by atoms with Crippen LogP contribution in [0.3, 0.4) is 0 Å². The summed E-state index contributed by atoms with van der Waals surface area (Å²) in [5.74, 6) is 0. The smallest absolute Gasteiger partial charge is 0.0650 e. The van der Waals surface area contributed by atoms with Crippen molar-refractivity contribution in [3.63, 3.8) is 0 Å². The maximum Gasteiger partial charge on any atom is 0.0650 e. The van der Waals surface area contributed by atoms with Crippen LogP contribution < -0.4 is 0 Å². The zero-order valence-corrected chi connectivity index (χ0v) is 7.28. The highest BCUT2D eigenvalue weighted by Gasteiger charge is 1.88. The Hall–Kier alpha value is -0.730. The van der Waals surface area contributed by atoms with Crippen LogP contribution in [0.25, 0.3) is 10.9 Å². The molecule has 2 aromatic rings. The highest BCUT2D eigenvalue weighted by atomic mass is 35.5. The monoisotopic (exact) mass is 190 g/mol. The van der Waals surface area contributed by atoms with Crippen molar-refractivity contribution in [1.29, 1.82) is 0 Å². The first-order valence-corrected chi connectivity index (χ1v) is 2.85. The normalized spacial score (nSPS) is 8.36. The molecule has 11 heavy (non-hydrogen) atoms. The number of nitrogens with one attached hydrogen (secondary N) is 1. The third-order valence-electron chi connectivity index (χ3n) is 1.35. The van der Waals surface area contributed by atoms with Crippen molar-refractivity contribution < 1.29 is 0 Å². The van der Waals surface area contributed by atoms with E-state index >= 15 is 0 Å². The summed E-state index contributed by atoms with van der Waals surface area (Å²) in [6.45, 7) is 0. The fraction of sp³-hybridized carbons (Fsp3) is 0. The molecule has 0 spiro atoms. The van der Waals surface area contributed by atoms with Gasteiger partial charge in [-0.05, 0) is 6.07 Å². The van der Waals surface area contributed by atoms with Crippen LogP contribution in [0, 0.1) is 0 Å². The van der Waals surface area contributed by atoms with Crippen molar-refractivity contribution in [3.8, 4) is 0 Å². The van der Waals surface area contributed by atoms with E-state index in [1.54, 1.807) is 0 Å². The van der Waals surface area contributed by atoms with Gasteiger partial charge in [0.15, 0.2) is 0 Å². The van der Waals surface area contributed by atoms with Crippen LogP contribution in [0.4, 0.5) is 0 Å². The van der Waals surface area contributed by atoms with Crippen LogP contribution in [-0.4, -0.2) is 10.2 Å². The summed E-state index contributed by atoms with van der Waals surface area (Å²) >= 11 is 0. The SMILES string of the molecule is Cl.Cl.c1ccc2[nH]ncc2c1. The number of hydrogen-bond acceptors (Lipinski definition) is 1. The Morgan fingerprint density at radius 3 is 2.55 bits per heavy atom. The molecular weight excluding hydrogens is 183 g/mol. The first-order chi connectivity index (χ1) is 4.47. The quantitative estimate of drug-likeness (QED) is 0.680. The minimum Gasteiger partial charge on any atom is -0.278 e. The molecule has 0 fully saturated rings. The number of H-pyrrole nitrogens is 1. The molecule has 1 N–H and O–H groups in total. The first kappa shape index (κ1) is 10.3. The van der Waals surface area contributed by atoms with Crippen molar-refractivity contribution in [2.45, 2.75) is 0 Å². The molecule has 1 aromatic heterocycles. The second-order valence-corrected chi connectivity index (χ2v) is 1.96. The van der Waals surface area contributed by atoms with E-state index in [2.05, 4.69) is 10.2 Å². The van der Waals surface area contributed by atoms with Gasteiger partial charge < -0.3 is 0 Å². The summed E-state index contributed by atoms with van der Waals surface area (Å²) in [6.07, 6.45) is 1.81. The van der Waals surface area contributed by atoms with E-state index in [1.807, 2.05) is 30.5 Å². The Bertz CT molecular complexity index is 288. The number of halogens is 2. The molecule has 0 aliphatic carbocycles. The van der Waals surface area contributed by atoms with Gasteiger partial charge in [-0.3, -0.25) is 5.10 Å². The lowest BCUT2D eigenvalue weighted by atomic mass is 10.3. The average molecular weight is 191 g/mol. The van der Waals surface area contributed by atoms with Gasteiger partial charge in [0.1, 0.15) is 0 Å². The van der Waals surface area contributed by atoms with Crippen molar-refractivity contribution in [2.75, 3.05) is 0 Å². The molecule has 0 amide bonds. The lowest BCUT2D eigenvalue weighted by molar-refractivity contribution is 1.12. The van der Waals surface area contributed by atoms with Crippen LogP contribution in [-0.2, 0) is 0 Å². The van der Waals surface area contributed by atoms with Gasteiger partial charge in [0, 0.05) is 5.39 Å². The molecule has 0 bridgehead atoms. The van der Waals surface area contributed by atoms with Gasteiger partial charge >= 0.3 is 0 Å². The third kappa shape index (κ3) is 1.85. The van der Waals surface area contributed by atoms with E-state index in [0.717, 1.165) is 10.9 Å². The number of nitrogens with zero attached hydrogens (tertiary/aromatic N) is 1. The van der Waals surface area contributed by atoms with Gasteiger partial charge in [-0.15, -0.1) is 24.8 Å². The van der Waals surface area contributed by atoms with Gasteiger partial charge in [0.25, 0.3) is 0 Å². The number of hydrogen-bond donors (Lipinski definition) is 1. The van der Waals surface area contributed by atoms with Gasteiger partial charge in [0.05, 0.1) is 11.7 Å². The van der Waals surface area contributed by atoms with Crippen LogP contribution in [0.1, 0.15) is 0 Å². The molecule has 0 atom stereocenters. The van der Waals surface area contributed by atoms with E-state index in [-0.39, 0.29) is 24.8 Å². The lowest BCUT2D eigenvalue weighted by Gasteiger charge is -1.81. The van der Waals surface area contributed by atoms with Gasteiger partial charge in [-0.2, -0.15) is 5.10 Å². The fourth-order valence-corrected chi connectivity index (χ4v) is 0.883. The van der Waals surface area contributed by atoms with Crippen molar-refractivity contribution in [1.82, 2.24) is 10.2 Å². The van der Waals surface area contributed by atoms with Crippen molar-refractivity contribution in [3.05, 3.63) is 30.5 Å². The van der Waals surface area contributed by atoms with Crippen LogP contribution in [0.15, 0.2) is 30.5 Å². The minimum absolute atomic E-state index is 0. The van der Waals surface area contributed by atoms with E-state index in [4.69, 9.17) is 0 Å². The second kappa shape index (κ2) is 4.21. The zero-order chi connectivity index (χ0) is 6.10. The summed E-state index contributed by atoms with van der Waals surface area (Å²) in [5, 5.41) is 7.91. The predicted molar refractivity (Wildman–Crippen MR) is 50.6 cm³/mol. The molecule has 0 aliphatic heterocycles. The van der Waals surface area contributed by atoms with Gasteiger partial charge in [-0.25, -0.2) is 0 Å². The summed E-state index contributed by atoms with van der Waals surface area (Å²) < 4.78 is 0. The molecule has 60 valence electrons. The van der Waals surface area contributed by atoms with E-state index in [1.165, 1.54) is 0 Å². The Morgan fingerprint density at radius 2 is 1.82 bits per heavy atom. The fourth-order valence-electron chi connectivity index (χ4n) is 0.883. The molecule has 0 radical (unpaired) electrons. The van der Waals surface area contributed by atoms with Crippen LogP contribution >= 0.6 is 24.8 Å². The molecule has 4 heteroatoms. The Balaban J connectivity index is 0.000000500. The van der Waals surface area contributed by atoms with Crippen LogP contribution in [0.2, 0.25) is 0 Å². The topological polar surface area (TPSA) is 28.7 Å². The summed E-state index contributed by atoms with van der Waals surface area (Å²) in [7, 11) is 0. The summed E-state index contributed by atoms with van der Waals surface area (Å²) in [6, 6.07) is 8.01. The molecule has 0 saturated heterocycles. The van der Waals surface area contributed by atoms with Crippen molar-refractivity contribution in [2.24, 2.45) is 0 Å². The maximum atomic E-state index is 3.88. The molecule has 2 nitrogen and oxygen atoms in total. The van der Waals surface area contributed by atoms with Crippen molar-refractivity contribution >= 4 is 35.7 Å². The summed E-state index contributed by atoms with van der Waals surface area (Å²) in [5.41, 5.74) is 1.09. The summed E-state index contributed by atoms with van der Waals surface area (Å²) in [4.78, 5) is 0. The van der Waals surface area contributed by atoms with E-state index < -0.39 is 0 Å². The zero-order valence-electron chi connectivity index (χ0n) is 5.65. The number of benzene rings is 1. The molecular formula is C7H8Cl2N2. The number of para-hydroxylation sites is 1. The second-order valence-electron chi connectivity index (χ2n) is 1.96. The number of aromatic nitrogens is 2. The Kier molecular flexibility index (Phi) is 3.93. The Morgan fingerprint density at radius 1 is 1.09 bits per heavy atom. The minimum atomic E-state index is 0. The molecule has 1 heterocycles. The maximum absolute atomic E-state index is 3.88. The Labute approximate surface area is 76.8 Å². The number of rotatable bonds is 0. The average Bonchev–Trinajstić information content (AvgIpc) is 2.33. The predicted octanol–water partition coefficient (Wildman–Crippen LogP) is 2.41. The van der Waals surface area contributed by atoms with Gasteiger partial charge in [0.2, 0.25) is 0 Å². The van der Waals surface area contributed by atoms with Crippen LogP contribution in [0.5, 0.6) is 0 Å². The highest BCUT2D eigenvalue weighted by molar-refractivity contribution is 5.85. The molecule has 1 aromatic carbocycles. The lowest BCUT2D eigenvalue weighted by Crippen LogP contribution is -1.63. The number of fused-ring (bicyclic) bond motifs is 1. The molecule has 0 saturated carbocycles.